The highest BCUT2D eigenvalue weighted by atomic mass is 16.6. The van der Waals surface area contributed by atoms with Gasteiger partial charge in [0.2, 0.25) is 0 Å². The standard InChI is InChI=1S/C9H12N2O5/c1-10-4-9(14)5-2-7(12)8(13)3-6(5)11(15)16/h2-3,9-10,12-14H,4H2,1H3. The molecule has 0 aliphatic heterocycles. The number of nitrogens with one attached hydrogen (secondary N) is 1. The molecule has 0 amide bonds. The lowest BCUT2D eigenvalue weighted by atomic mass is 10.1. The molecule has 1 aromatic carbocycles. The van der Waals surface area contributed by atoms with E-state index in [1.807, 2.05) is 0 Å². The van der Waals surface area contributed by atoms with Gasteiger partial charge >= 0.3 is 0 Å². The first-order valence-corrected chi connectivity index (χ1v) is 4.50. The van der Waals surface area contributed by atoms with Crippen LogP contribution in [0.1, 0.15) is 11.7 Å². The number of aliphatic hydroxyl groups excluding tert-OH is 1. The molecule has 88 valence electrons. The van der Waals surface area contributed by atoms with Crippen molar-refractivity contribution in [3.63, 3.8) is 0 Å². The lowest BCUT2D eigenvalue weighted by molar-refractivity contribution is -0.386. The fourth-order valence-corrected chi connectivity index (χ4v) is 1.31. The van der Waals surface area contributed by atoms with Crippen molar-refractivity contribution in [2.24, 2.45) is 0 Å². The maximum Gasteiger partial charge on any atom is 0.279 e. The van der Waals surface area contributed by atoms with Crippen LogP contribution in [-0.2, 0) is 0 Å². The van der Waals surface area contributed by atoms with E-state index in [9.17, 15) is 20.3 Å². The minimum absolute atomic E-state index is 0.0466. The Balaban J connectivity index is 3.24. The highest BCUT2D eigenvalue weighted by molar-refractivity contribution is 5.53. The van der Waals surface area contributed by atoms with E-state index in [2.05, 4.69) is 5.32 Å². The van der Waals surface area contributed by atoms with E-state index >= 15 is 0 Å². The summed E-state index contributed by atoms with van der Waals surface area (Å²) >= 11 is 0. The molecular formula is C9H12N2O5. The summed E-state index contributed by atoms with van der Waals surface area (Å²) < 4.78 is 0. The number of phenols is 2. The predicted molar refractivity (Wildman–Crippen MR) is 55.3 cm³/mol. The molecule has 7 nitrogen and oxygen atoms in total. The molecule has 0 aromatic heterocycles. The largest absolute Gasteiger partial charge is 0.504 e. The van der Waals surface area contributed by atoms with Crippen molar-refractivity contribution in [2.75, 3.05) is 13.6 Å². The highest BCUT2D eigenvalue weighted by Crippen LogP contribution is 2.35. The van der Waals surface area contributed by atoms with E-state index in [-0.39, 0.29) is 12.1 Å². The first-order valence-electron chi connectivity index (χ1n) is 4.50. The van der Waals surface area contributed by atoms with Gasteiger partial charge in [0.25, 0.3) is 5.69 Å². The molecule has 0 fully saturated rings. The van der Waals surface area contributed by atoms with Crippen LogP contribution < -0.4 is 5.32 Å². The third-order valence-corrected chi connectivity index (χ3v) is 2.08. The molecule has 1 aromatic rings. The molecule has 0 aliphatic rings. The maximum absolute atomic E-state index is 10.7. The van der Waals surface area contributed by atoms with E-state index in [0.717, 1.165) is 12.1 Å². The summed E-state index contributed by atoms with van der Waals surface area (Å²) in [6.45, 7) is 0.102. The number of benzene rings is 1. The maximum atomic E-state index is 10.7. The third kappa shape index (κ3) is 2.38. The predicted octanol–water partition coefficient (Wildman–Crippen LogP) is 0.259. The van der Waals surface area contributed by atoms with Crippen LogP contribution in [0.4, 0.5) is 5.69 Å². The summed E-state index contributed by atoms with van der Waals surface area (Å²) in [6.07, 6.45) is -1.13. The van der Waals surface area contributed by atoms with Crippen molar-refractivity contribution < 1.29 is 20.2 Å². The number of nitrogens with zero attached hydrogens (tertiary/aromatic N) is 1. The average Bonchev–Trinajstić information content (AvgIpc) is 2.21. The zero-order valence-corrected chi connectivity index (χ0v) is 8.54. The molecule has 16 heavy (non-hydrogen) atoms. The van der Waals surface area contributed by atoms with Gasteiger partial charge in [0.15, 0.2) is 11.5 Å². The zero-order chi connectivity index (χ0) is 12.3. The molecule has 0 bridgehead atoms. The topological polar surface area (TPSA) is 116 Å². The Kier molecular flexibility index (Phi) is 3.64. The van der Waals surface area contributed by atoms with Crippen LogP contribution in [0, 0.1) is 10.1 Å². The van der Waals surface area contributed by atoms with Crippen molar-refractivity contribution in [1.82, 2.24) is 5.32 Å². The number of likely N-dealkylation sites (N-methyl/N-ethyl adjacent to an activating group) is 1. The fraction of sp³-hybridized carbons (Fsp3) is 0.333. The van der Waals surface area contributed by atoms with Gasteiger partial charge in [-0.3, -0.25) is 10.1 Å². The van der Waals surface area contributed by atoms with Crippen LogP contribution >= 0.6 is 0 Å². The van der Waals surface area contributed by atoms with Crippen LogP contribution in [0.25, 0.3) is 0 Å². The Morgan fingerprint density at radius 1 is 1.44 bits per heavy atom. The van der Waals surface area contributed by atoms with Crippen LogP contribution in [-0.4, -0.2) is 33.8 Å². The molecule has 0 heterocycles. The van der Waals surface area contributed by atoms with Crippen LogP contribution in [0.3, 0.4) is 0 Å². The summed E-state index contributed by atoms with van der Waals surface area (Å²) in [6, 6.07) is 1.79. The van der Waals surface area contributed by atoms with Crippen LogP contribution in [0.15, 0.2) is 12.1 Å². The van der Waals surface area contributed by atoms with Gasteiger partial charge in [-0.2, -0.15) is 0 Å². The number of rotatable bonds is 4. The Morgan fingerprint density at radius 2 is 2.00 bits per heavy atom. The molecule has 0 spiro atoms. The van der Waals surface area contributed by atoms with Gasteiger partial charge < -0.3 is 20.6 Å². The minimum atomic E-state index is -1.13. The minimum Gasteiger partial charge on any atom is -0.504 e. The van der Waals surface area contributed by atoms with Crippen molar-refractivity contribution >= 4 is 5.69 Å². The summed E-state index contributed by atoms with van der Waals surface area (Å²) in [5.41, 5.74) is -0.479. The summed E-state index contributed by atoms with van der Waals surface area (Å²) in [5.74, 6) is -1.09. The van der Waals surface area contributed by atoms with Crippen molar-refractivity contribution in [2.45, 2.75) is 6.10 Å². The van der Waals surface area contributed by atoms with Crippen molar-refractivity contribution in [3.8, 4) is 11.5 Å². The molecule has 4 N–H and O–H groups in total. The first-order chi connectivity index (χ1) is 7.47. The van der Waals surface area contributed by atoms with Crippen LogP contribution in [0.2, 0.25) is 0 Å². The monoisotopic (exact) mass is 228 g/mol. The van der Waals surface area contributed by atoms with Gasteiger partial charge in [0.05, 0.1) is 22.7 Å². The highest BCUT2D eigenvalue weighted by Gasteiger charge is 2.22. The number of aromatic hydroxyl groups is 2. The van der Waals surface area contributed by atoms with Gasteiger partial charge in [0, 0.05) is 6.54 Å². The molecule has 1 unspecified atom stereocenters. The van der Waals surface area contributed by atoms with Gasteiger partial charge in [0.1, 0.15) is 0 Å². The van der Waals surface area contributed by atoms with E-state index in [1.165, 1.54) is 0 Å². The van der Waals surface area contributed by atoms with Gasteiger partial charge in [-0.15, -0.1) is 0 Å². The first kappa shape index (κ1) is 12.2. The fourth-order valence-electron chi connectivity index (χ4n) is 1.31. The van der Waals surface area contributed by atoms with Gasteiger partial charge in [-0.1, -0.05) is 0 Å². The second kappa shape index (κ2) is 4.77. The normalized spacial score (nSPS) is 12.4. The van der Waals surface area contributed by atoms with Crippen molar-refractivity contribution in [1.29, 1.82) is 0 Å². The second-order valence-electron chi connectivity index (χ2n) is 3.23. The second-order valence-corrected chi connectivity index (χ2v) is 3.23. The third-order valence-electron chi connectivity index (χ3n) is 2.08. The van der Waals surface area contributed by atoms with E-state index in [1.54, 1.807) is 7.05 Å². The Morgan fingerprint density at radius 3 is 2.50 bits per heavy atom. The average molecular weight is 228 g/mol. The molecule has 0 radical (unpaired) electrons. The summed E-state index contributed by atoms with van der Waals surface area (Å²) in [5, 5.41) is 41.3. The molecule has 0 aliphatic carbocycles. The summed E-state index contributed by atoms with van der Waals surface area (Å²) in [7, 11) is 1.58. The number of hydrogen-bond acceptors (Lipinski definition) is 6. The van der Waals surface area contributed by atoms with Crippen LogP contribution in [0.5, 0.6) is 11.5 Å². The smallest absolute Gasteiger partial charge is 0.279 e. The lowest BCUT2D eigenvalue weighted by Gasteiger charge is -2.11. The molecule has 0 saturated heterocycles. The Hall–Kier alpha value is -1.86. The SMILES string of the molecule is CNCC(O)c1cc(O)c(O)cc1[N+](=O)[O-]. The van der Waals surface area contributed by atoms with Gasteiger partial charge in [-0.05, 0) is 13.1 Å². The zero-order valence-electron chi connectivity index (χ0n) is 8.54. The Bertz CT molecular complexity index is 407. The lowest BCUT2D eigenvalue weighted by Crippen LogP contribution is -2.17. The number of nitro benzene ring substituents is 1. The Labute approximate surface area is 91.1 Å². The van der Waals surface area contributed by atoms with Gasteiger partial charge in [-0.25, -0.2) is 0 Å². The summed E-state index contributed by atoms with van der Waals surface area (Å²) in [4.78, 5) is 9.95. The molecule has 0 saturated carbocycles. The molecular weight excluding hydrogens is 216 g/mol. The number of phenolic OH excluding ortho intramolecular Hbond substituents is 2. The number of hydrogen-bond donors (Lipinski definition) is 4. The van der Waals surface area contributed by atoms with E-state index in [4.69, 9.17) is 5.11 Å². The molecule has 1 rings (SSSR count). The quantitative estimate of drug-likeness (QED) is 0.333. The molecule has 7 heteroatoms. The molecule has 1 atom stereocenters. The van der Waals surface area contributed by atoms with Crippen molar-refractivity contribution in [3.05, 3.63) is 27.8 Å². The number of aliphatic hydroxyl groups is 1. The van der Waals surface area contributed by atoms with E-state index in [0.29, 0.717) is 0 Å². The van der Waals surface area contributed by atoms with E-state index < -0.39 is 28.2 Å². The number of nitro groups is 1.